The maximum atomic E-state index is 12.7. The fourth-order valence-electron chi connectivity index (χ4n) is 6.24. The molecule has 4 nitrogen and oxygen atoms in total. The van der Waals surface area contributed by atoms with Crippen LogP contribution in [0, 0.1) is 17.3 Å². The van der Waals surface area contributed by atoms with Crippen molar-refractivity contribution in [2.24, 2.45) is 17.3 Å². The lowest BCUT2D eigenvalue weighted by Gasteiger charge is -2.60. The number of fused-ring (bicyclic) bond motifs is 1. The second kappa shape index (κ2) is 5.96. The molecular weight excluding hydrogens is 414 g/mol. The summed E-state index contributed by atoms with van der Waals surface area (Å²) in [6.45, 7) is 0.473. The summed E-state index contributed by atoms with van der Waals surface area (Å²) in [7, 11) is 0. The molecule has 4 aliphatic rings. The van der Waals surface area contributed by atoms with Gasteiger partial charge in [-0.15, -0.1) is 0 Å². The Morgan fingerprint density at radius 2 is 2.04 bits per heavy atom. The number of pyridine rings is 1. The van der Waals surface area contributed by atoms with Crippen molar-refractivity contribution in [3.05, 3.63) is 35.2 Å². The number of hydrogen-bond acceptors (Lipinski definition) is 2. The van der Waals surface area contributed by atoms with Crippen LogP contribution in [0.25, 0.3) is 5.65 Å². The lowest BCUT2D eigenvalue weighted by Crippen LogP contribution is -2.54. The van der Waals surface area contributed by atoms with E-state index in [-0.39, 0.29) is 11.3 Å². The first-order valence-corrected chi connectivity index (χ1v) is 10.7. The van der Waals surface area contributed by atoms with Crippen molar-refractivity contribution < 1.29 is 4.79 Å². The Balaban J connectivity index is 1.25. The van der Waals surface area contributed by atoms with E-state index in [1.807, 2.05) is 28.9 Å². The number of nitrogens with zero attached hydrogens (tertiary/aromatic N) is 2. The highest BCUT2D eigenvalue weighted by molar-refractivity contribution is 9.10. The molecule has 2 unspecified atom stereocenters. The van der Waals surface area contributed by atoms with Crippen molar-refractivity contribution in [1.29, 1.82) is 0 Å². The number of halogens is 2. The number of imidazole rings is 1. The molecule has 4 fully saturated rings. The zero-order valence-corrected chi connectivity index (χ0v) is 17.0. The van der Waals surface area contributed by atoms with Crippen molar-refractivity contribution in [3.8, 4) is 0 Å². The quantitative estimate of drug-likeness (QED) is 0.704. The third kappa shape index (κ3) is 3.07. The zero-order valence-electron chi connectivity index (χ0n) is 14.7. The SMILES string of the molecule is O=C(CC12CC3CC(CC(Br)(C3)C1)C2)NCc1cn2cc(Cl)ccc2n1. The van der Waals surface area contributed by atoms with Crippen molar-refractivity contribution in [3.63, 3.8) is 0 Å². The van der Waals surface area contributed by atoms with Crippen molar-refractivity contribution >= 4 is 39.1 Å². The highest BCUT2D eigenvalue weighted by Gasteiger charge is 2.57. The lowest BCUT2D eigenvalue weighted by atomic mass is 9.48. The molecule has 138 valence electrons. The van der Waals surface area contributed by atoms with E-state index in [1.54, 1.807) is 0 Å². The highest BCUT2D eigenvalue weighted by atomic mass is 79.9. The second-order valence-corrected chi connectivity index (χ2v) is 11.0. The van der Waals surface area contributed by atoms with E-state index >= 15 is 0 Å². The summed E-state index contributed by atoms with van der Waals surface area (Å²) in [5, 5.41) is 3.78. The van der Waals surface area contributed by atoms with E-state index in [0.29, 0.717) is 22.3 Å². The van der Waals surface area contributed by atoms with Crippen LogP contribution >= 0.6 is 27.5 Å². The number of nitrogens with one attached hydrogen (secondary N) is 1. The number of hydrogen-bond donors (Lipinski definition) is 1. The summed E-state index contributed by atoms with van der Waals surface area (Å²) in [4.78, 5) is 17.2. The molecule has 2 aromatic rings. The summed E-state index contributed by atoms with van der Waals surface area (Å²) >= 11 is 10.0. The molecule has 4 saturated carbocycles. The summed E-state index contributed by atoms with van der Waals surface area (Å²) in [5.41, 5.74) is 1.92. The van der Waals surface area contributed by atoms with E-state index in [2.05, 4.69) is 26.2 Å². The molecule has 2 atom stereocenters. The first-order valence-electron chi connectivity index (χ1n) is 9.49. The van der Waals surface area contributed by atoms with Gasteiger partial charge in [-0.1, -0.05) is 27.5 Å². The predicted molar refractivity (Wildman–Crippen MR) is 105 cm³/mol. The number of amides is 1. The van der Waals surface area contributed by atoms with Gasteiger partial charge in [0.1, 0.15) is 5.65 Å². The van der Waals surface area contributed by atoms with Crippen LogP contribution in [0.15, 0.2) is 24.5 Å². The molecule has 26 heavy (non-hydrogen) atoms. The van der Waals surface area contributed by atoms with Gasteiger partial charge in [-0.2, -0.15) is 0 Å². The van der Waals surface area contributed by atoms with E-state index < -0.39 is 0 Å². The van der Waals surface area contributed by atoms with Crippen LogP contribution in [-0.4, -0.2) is 19.6 Å². The van der Waals surface area contributed by atoms with Crippen molar-refractivity contribution in [2.75, 3.05) is 0 Å². The summed E-state index contributed by atoms with van der Waals surface area (Å²) in [6, 6.07) is 3.72. The molecule has 2 aromatic heterocycles. The van der Waals surface area contributed by atoms with Crippen LogP contribution < -0.4 is 5.32 Å². The monoisotopic (exact) mass is 435 g/mol. The molecule has 2 heterocycles. The minimum Gasteiger partial charge on any atom is -0.350 e. The standard InChI is InChI=1S/C20H23BrClN3O/c21-20-6-13-3-14(7-20)5-19(4-13,12-20)8-18(26)23-9-16-11-25-10-15(22)1-2-17(25)24-16/h1-2,10-11,13-14H,3-9,12H2,(H,23,26). The maximum Gasteiger partial charge on any atom is 0.220 e. The summed E-state index contributed by atoms with van der Waals surface area (Å²) in [5.74, 6) is 1.79. The summed E-state index contributed by atoms with van der Waals surface area (Å²) in [6.07, 6.45) is 12.0. The molecule has 6 rings (SSSR count). The molecular formula is C20H23BrClN3O. The smallest absolute Gasteiger partial charge is 0.220 e. The zero-order chi connectivity index (χ0) is 17.9. The summed E-state index contributed by atoms with van der Waals surface area (Å²) < 4.78 is 2.20. The van der Waals surface area contributed by atoms with Crippen LogP contribution in [0.3, 0.4) is 0 Å². The molecule has 6 heteroatoms. The molecule has 1 N–H and O–H groups in total. The first kappa shape index (κ1) is 17.1. The van der Waals surface area contributed by atoms with Gasteiger partial charge in [-0.05, 0) is 67.9 Å². The highest BCUT2D eigenvalue weighted by Crippen LogP contribution is 2.65. The maximum absolute atomic E-state index is 12.7. The minimum atomic E-state index is 0.165. The molecule has 0 saturated heterocycles. The molecule has 0 aromatic carbocycles. The fourth-order valence-corrected chi connectivity index (χ4v) is 7.92. The predicted octanol–water partition coefficient (Wildman–Crippen LogP) is 4.73. The molecule has 4 aliphatic carbocycles. The van der Waals surface area contributed by atoms with E-state index in [9.17, 15) is 4.79 Å². The lowest BCUT2D eigenvalue weighted by molar-refractivity contribution is -0.128. The number of carbonyl (C=O) groups is 1. The van der Waals surface area contributed by atoms with Crippen LogP contribution in [0.5, 0.6) is 0 Å². The molecule has 1 amide bonds. The first-order chi connectivity index (χ1) is 12.4. The van der Waals surface area contributed by atoms with E-state index in [4.69, 9.17) is 11.6 Å². The Hall–Kier alpha value is -1.07. The average molecular weight is 437 g/mol. The van der Waals surface area contributed by atoms with Gasteiger partial charge < -0.3 is 9.72 Å². The van der Waals surface area contributed by atoms with Gasteiger partial charge in [-0.25, -0.2) is 4.98 Å². The van der Waals surface area contributed by atoms with Crippen LogP contribution in [0.2, 0.25) is 5.02 Å². The van der Waals surface area contributed by atoms with Crippen LogP contribution in [0.4, 0.5) is 0 Å². The van der Waals surface area contributed by atoms with E-state index in [1.165, 1.54) is 32.1 Å². The Labute approximate surface area is 166 Å². The Morgan fingerprint density at radius 3 is 2.77 bits per heavy atom. The van der Waals surface area contributed by atoms with E-state index in [0.717, 1.165) is 29.6 Å². The number of rotatable bonds is 4. The molecule has 0 radical (unpaired) electrons. The van der Waals surface area contributed by atoms with Gasteiger partial charge >= 0.3 is 0 Å². The minimum absolute atomic E-state index is 0.165. The Kier molecular flexibility index (Phi) is 3.91. The Morgan fingerprint density at radius 1 is 1.27 bits per heavy atom. The van der Waals surface area contributed by atoms with Gasteiger partial charge in [0.25, 0.3) is 0 Å². The van der Waals surface area contributed by atoms with Gasteiger partial charge in [0, 0.05) is 23.1 Å². The largest absolute Gasteiger partial charge is 0.350 e. The Bertz CT molecular complexity index is 865. The normalized spacial score (nSPS) is 35.2. The molecule has 0 aliphatic heterocycles. The number of carbonyl (C=O) groups excluding carboxylic acids is 1. The van der Waals surface area contributed by atoms with Gasteiger partial charge in [-0.3, -0.25) is 4.79 Å². The van der Waals surface area contributed by atoms with Gasteiger partial charge in [0.15, 0.2) is 0 Å². The molecule has 0 spiro atoms. The number of aromatic nitrogens is 2. The second-order valence-electron chi connectivity index (χ2n) is 8.91. The third-order valence-corrected chi connectivity index (χ3v) is 7.73. The van der Waals surface area contributed by atoms with Crippen LogP contribution in [0.1, 0.15) is 50.6 Å². The fraction of sp³-hybridized carbons (Fsp3) is 0.600. The van der Waals surface area contributed by atoms with Gasteiger partial charge in [0.2, 0.25) is 5.91 Å². The van der Waals surface area contributed by atoms with Gasteiger partial charge in [0.05, 0.1) is 17.3 Å². The average Bonchev–Trinajstić information content (AvgIpc) is 2.92. The number of alkyl halides is 1. The molecule has 4 bridgehead atoms. The van der Waals surface area contributed by atoms with Crippen molar-refractivity contribution in [1.82, 2.24) is 14.7 Å². The topological polar surface area (TPSA) is 46.4 Å². The third-order valence-electron chi connectivity index (χ3n) is 6.58. The van der Waals surface area contributed by atoms with Crippen LogP contribution in [-0.2, 0) is 11.3 Å². The van der Waals surface area contributed by atoms with Crippen molar-refractivity contribution in [2.45, 2.75) is 55.8 Å².